The highest BCUT2D eigenvalue weighted by Gasteiger charge is 2.07. The summed E-state index contributed by atoms with van der Waals surface area (Å²) in [5.74, 6) is 0.972. The molecular formula is C10H9IOS2. The molecule has 0 N–H and O–H groups in total. The van der Waals surface area contributed by atoms with Crippen LogP contribution < -0.4 is 4.74 Å². The number of hydrogen-bond acceptors (Lipinski definition) is 3. The van der Waals surface area contributed by atoms with Crippen molar-refractivity contribution in [2.24, 2.45) is 0 Å². The molecule has 14 heavy (non-hydrogen) atoms. The third-order valence-electron chi connectivity index (χ3n) is 1.83. The minimum absolute atomic E-state index is 0.703. The lowest BCUT2D eigenvalue weighted by molar-refractivity contribution is 0.344. The smallest absolute Gasteiger partial charge is 0.138 e. The molecule has 0 saturated heterocycles. The second-order valence-electron chi connectivity index (χ2n) is 2.84. The van der Waals surface area contributed by atoms with E-state index in [1.807, 2.05) is 6.92 Å². The minimum Gasteiger partial charge on any atom is -0.492 e. The summed E-state index contributed by atoms with van der Waals surface area (Å²) in [6.45, 7) is 2.70. The van der Waals surface area contributed by atoms with Crippen LogP contribution >= 0.6 is 46.6 Å². The van der Waals surface area contributed by atoms with Crippen LogP contribution in [0.2, 0.25) is 0 Å². The Labute approximate surface area is 106 Å². The normalized spacial score (nSPS) is 10.8. The van der Waals surface area contributed by atoms with Gasteiger partial charge in [-0.15, -0.1) is 24.0 Å². The van der Waals surface area contributed by atoms with Crippen LogP contribution in [0.5, 0.6) is 5.75 Å². The molecule has 74 valence electrons. The number of hydrogen-bond donors (Lipinski definition) is 1. The van der Waals surface area contributed by atoms with E-state index in [1.54, 1.807) is 11.3 Å². The van der Waals surface area contributed by atoms with E-state index in [-0.39, 0.29) is 0 Å². The predicted molar refractivity (Wildman–Crippen MR) is 73.0 cm³/mol. The number of thiol groups is 1. The first-order chi connectivity index (χ1) is 6.70. The molecular weight excluding hydrogens is 327 g/mol. The molecule has 0 spiro atoms. The van der Waals surface area contributed by atoms with Crippen LogP contribution in [-0.4, -0.2) is 6.61 Å². The van der Waals surface area contributed by atoms with Gasteiger partial charge in [-0.2, -0.15) is 0 Å². The van der Waals surface area contributed by atoms with Crippen LogP contribution in [0.3, 0.4) is 0 Å². The van der Waals surface area contributed by atoms with E-state index in [0.717, 1.165) is 9.96 Å². The number of halogens is 1. The maximum Gasteiger partial charge on any atom is 0.138 e. The minimum atomic E-state index is 0.703. The Morgan fingerprint density at radius 1 is 1.43 bits per heavy atom. The van der Waals surface area contributed by atoms with Crippen molar-refractivity contribution in [2.75, 3.05) is 6.61 Å². The summed E-state index contributed by atoms with van der Waals surface area (Å²) >= 11 is 8.32. The zero-order chi connectivity index (χ0) is 10.1. The topological polar surface area (TPSA) is 9.23 Å². The van der Waals surface area contributed by atoms with Crippen LogP contribution in [0.4, 0.5) is 0 Å². The average molecular weight is 336 g/mol. The van der Waals surface area contributed by atoms with Gasteiger partial charge in [0.25, 0.3) is 0 Å². The Balaban J connectivity index is 2.66. The molecule has 0 aliphatic rings. The Morgan fingerprint density at radius 3 is 2.93 bits per heavy atom. The zero-order valence-electron chi connectivity index (χ0n) is 7.58. The summed E-state index contributed by atoms with van der Waals surface area (Å²) in [5, 5.41) is 1.22. The summed E-state index contributed by atoms with van der Waals surface area (Å²) in [7, 11) is 0. The molecule has 0 fully saturated rings. The first kappa shape index (κ1) is 10.6. The molecule has 0 radical (unpaired) electrons. The number of ether oxygens (including phenoxy) is 1. The first-order valence-electron chi connectivity index (χ1n) is 4.25. The lowest BCUT2D eigenvalue weighted by Gasteiger charge is -2.04. The van der Waals surface area contributed by atoms with Crippen LogP contribution in [0, 0.1) is 3.57 Å². The van der Waals surface area contributed by atoms with E-state index in [1.165, 1.54) is 13.7 Å². The number of benzene rings is 1. The Kier molecular flexibility index (Phi) is 3.23. The Morgan fingerprint density at radius 2 is 2.21 bits per heavy atom. The van der Waals surface area contributed by atoms with E-state index in [9.17, 15) is 0 Å². The quantitative estimate of drug-likeness (QED) is 0.639. The van der Waals surface area contributed by atoms with Gasteiger partial charge in [0.2, 0.25) is 0 Å². The standard InChI is InChI=1S/C10H9IOS2/c1-2-12-8-5-7(11)3-6-4-9(13)14-10(6)8/h3-5,13H,2H2,1H3. The molecule has 0 bridgehead atoms. The largest absolute Gasteiger partial charge is 0.492 e. The van der Waals surface area contributed by atoms with E-state index >= 15 is 0 Å². The van der Waals surface area contributed by atoms with Gasteiger partial charge in [-0.05, 0) is 53.1 Å². The van der Waals surface area contributed by atoms with Crippen molar-refractivity contribution < 1.29 is 4.74 Å². The number of fused-ring (bicyclic) bond motifs is 1. The molecule has 2 rings (SSSR count). The van der Waals surface area contributed by atoms with Crippen molar-refractivity contribution in [1.29, 1.82) is 0 Å². The van der Waals surface area contributed by atoms with E-state index in [2.05, 4.69) is 53.4 Å². The molecule has 0 saturated carbocycles. The molecule has 4 heteroatoms. The average Bonchev–Trinajstić information content (AvgIpc) is 2.45. The van der Waals surface area contributed by atoms with Crippen LogP contribution in [0.15, 0.2) is 22.4 Å². The lowest BCUT2D eigenvalue weighted by Crippen LogP contribution is -1.91. The SMILES string of the molecule is CCOc1cc(I)cc2cc(S)sc12. The van der Waals surface area contributed by atoms with E-state index in [4.69, 9.17) is 4.74 Å². The fourth-order valence-electron chi connectivity index (χ4n) is 1.34. The summed E-state index contributed by atoms with van der Waals surface area (Å²) in [4.78, 5) is 0. The molecule has 0 aliphatic heterocycles. The van der Waals surface area contributed by atoms with E-state index < -0.39 is 0 Å². The molecule has 1 heterocycles. The van der Waals surface area contributed by atoms with Gasteiger partial charge in [0.05, 0.1) is 15.5 Å². The summed E-state index contributed by atoms with van der Waals surface area (Å²) in [5.41, 5.74) is 0. The fourth-order valence-corrected chi connectivity index (χ4v) is 3.22. The second-order valence-corrected chi connectivity index (χ2v) is 5.92. The molecule has 0 atom stereocenters. The summed E-state index contributed by atoms with van der Waals surface area (Å²) in [6, 6.07) is 6.29. The monoisotopic (exact) mass is 336 g/mol. The molecule has 2 aromatic rings. The van der Waals surface area contributed by atoms with Gasteiger partial charge in [0.1, 0.15) is 5.75 Å². The van der Waals surface area contributed by atoms with Gasteiger partial charge in [-0.25, -0.2) is 0 Å². The highest BCUT2D eigenvalue weighted by molar-refractivity contribution is 14.1. The summed E-state index contributed by atoms with van der Waals surface area (Å²) < 4.78 is 9.01. The lowest BCUT2D eigenvalue weighted by atomic mass is 10.2. The molecule has 1 aromatic carbocycles. The summed E-state index contributed by atoms with van der Waals surface area (Å²) in [6.07, 6.45) is 0. The maximum atomic E-state index is 5.58. The van der Waals surface area contributed by atoms with Crippen molar-refractivity contribution in [3.05, 3.63) is 21.8 Å². The van der Waals surface area contributed by atoms with Crippen LogP contribution in [-0.2, 0) is 0 Å². The number of thiophene rings is 1. The third kappa shape index (κ3) is 2.01. The fraction of sp³-hybridized carbons (Fsp3) is 0.200. The third-order valence-corrected chi connectivity index (χ3v) is 3.83. The van der Waals surface area contributed by atoms with Gasteiger partial charge < -0.3 is 4.74 Å². The van der Waals surface area contributed by atoms with E-state index in [0.29, 0.717) is 6.61 Å². The molecule has 0 unspecified atom stereocenters. The van der Waals surface area contributed by atoms with Crippen molar-refractivity contribution in [2.45, 2.75) is 11.1 Å². The van der Waals surface area contributed by atoms with Crippen molar-refractivity contribution in [1.82, 2.24) is 0 Å². The highest BCUT2D eigenvalue weighted by atomic mass is 127. The zero-order valence-corrected chi connectivity index (χ0v) is 11.4. The predicted octanol–water partition coefficient (Wildman–Crippen LogP) is 4.19. The second kappa shape index (κ2) is 4.28. The van der Waals surface area contributed by atoms with Crippen LogP contribution in [0.1, 0.15) is 6.92 Å². The van der Waals surface area contributed by atoms with Crippen molar-refractivity contribution in [3.63, 3.8) is 0 Å². The Bertz CT molecular complexity index is 464. The molecule has 0 aliphatic carbocycles. The molecule has 0 amide bonds. The van der Waals surface area contributed by atoms with Gasteiger partial charge in [0.15, 0.2) is 0 Å². The highest BCUT2D eigenvalue weighted by Crippen LogP contribution is 2.36. The Hall–Kier alpha value is 0.0600. The molecule has 1 nitrogen and oxygen atoms in total. The maximum absolute atomic E-state index is 5.58. The van der Waals surface area contributed by atoms with Gasteiger partial charge >= 0.3 is 0 Å². The van der Waals surface area contributed by atoms with Gasteiger partial charge in [-0.1, -0.05) is 0 Å². The first-order valence-corrected chi connectivity index (χ1v) is 6.60. The molecule has 1 aromatic heterocycles. The van der Waals surface area contributed by atoms with Crippen LogP contribution in [0.25, 0.3) is 10.1 Å². The van der Waals surface area contributed by atoms with Crippen molar-refractivity contribution >= 4 is 56.6 Å². The van der Waals surface area contributed by atoms with Gasteiger partial charge in [-0.3, -0.25) is 0 Å². The van der Waals surface area contributed by atoms with Crippen molar-refractivity contribution in [3.8, 4) is 5.75 Å². The number of rotatable bonds is 2. The van der Waals surface area contributed by atoms with Gasteiger partial charge in [0, 0.05) is 3.57 Å².